The van der Waals surface area contributed by atoms with Crippen LogP contribution >= 0.6 is 0 Å². The predicted molar refractivity (Wildman–Crippen MR) is 60.5 cm³/mol. The van der Waals surface area contributed by atoms with Crippen molar-refractivity contribution < 1.29 is 4.74 Å². The lowest BCUT2D eigenvalue weighted by Gasteiger charge is -2.26. The standard InChI is InChI=1S/C11H21N3O/c1-5-14-10(6-7-13-14)9(12)8-11(2,3)15-4/h6-7,9H,5,8,12H2,1-4H3. The van der Waals surface area contributed by atoms with Crippen LogP contribution in [0.4, 0.5) is 0 Å². The van der Waals surface area contributed by atoms with Gasteiger partial charge in [0.1, 0.15) is 0 Å². The van der Waals surface area contributed by atoms with Crippen molar-refractivity contribution >= 4 is 0 Å². The molecule has 0 fully saturated rings. The van der Waals surface area contributed by atoms with Crippen LogP contribution in [0.15, 0.2) is 12.3 Å². The van der Waals surface area contributed by atoms with Crippen LogP contribution in [0.5, 0.6) is 0 Å². The molecule has 4 heteroatoms. The third kappa shape index (κ3) is 3.04. The van der Waals surface area contributed by atoms with Crippen LogP contribution in [0.2, 0.25) is 0 Å². The maximum absolute atomic E-state index is 6.14. The number of nitrogens with two attached hydrogens (primary N) is 1. The third-order valence-electron chi connectivity index (χ3n) is 2.69. The average Bonchev–Trinajstić information content (AvgIpc) is 2.64. The molecule has 15 heavy (non-hydrogen) atoms. The zero-order valence-electron chi connectivity index (χ0n) is 10.0. The van der Waals surface area contributed by atoms with E-state index in [9.17, 15) is 0 Å². The van der Waals surface area contributed by atoms with Gasteiger partial charge in [-0.3, -0.25) is 4.68 Å². The first-order chi connectivity index (χ1) is 7.00. The Morgan fingerprint density at radius 2 is 2.27 bits per heavy atom. The first-order valence-electron chi connectivity index (χ1n) is 5.32. The van der Waals surface area contributed by atoms with Gasteiger partial charge >= 0.3 is 0 Å². The van der Waals surface area contributed by atoms with Crippen LogP contribution in [-0.4, -0.2) is 22.5 Å². The zero-order chi connectivity index (χ0) is 11.5. The number of aromatic nitrogens is 2. The molecular weight excluding hydrogens is 190 g/mol. The summed E-state index contributed by atoms with van der Waals surface area (Å²) in [6.07, 6.45) is 2.58. The molecule has 0 bridgehead atoms. The lowest BCUT2D eigenvalue weighted by Crippen LogP contribution is -2.29. The number of hydrogen-bond donors (Lipinski definition) is 1. The van der Waals surface area contributed by atoms with E-state index in [1.807, 2.05) is 24.6 Å². The second kappa shape index (κ2) is 4.77. The second-order valence-electron chi connectivity index (χ2n) is 4.35. The monoisotopic (exact) mass is 211 g/mol. The summed E-state index contributed by atoms with van der Waals surface area (Å²) >= 11 is 0. The first-order valence-corrected chi connectivity index (χ1v) is 5.32. The highest BCUT2D eigenvalue weighted by Crippen LogP contribution is 2.23. The van der Waals surface area contributed by atoms with E-state index in [0.717, 1.165) is 18.7 Å². The van der Waals surface area contributed by atoms with E-state index in [-0.39, 0.29) is 11.6 Å². The summed E-state index contributed by atoms with van der Waals surface area (Å²) in [6, 6.07) is 1.95. The molecule has 1 rings (SSSR count). The summed E-state index contributed by atoms with van der Waals surface area (Å²) in [6.45, 7) is 6.99. The molecule has 4 nitrogen and oxygen atoms in total. The smallest absolute Gasteiger partial charge is 0.0641 e. The lowest BCUT2D eigenvalue weighted by molar-refractivity contribution is 0.00936. The molecule has 0 aliphatic heterocycles. The van der Waals surface area contributed by atoms with E-state index >= 15 is 0 Å². The number of hydrogen-bond acceptors (Lipinski definition) is 3. The fourth-order valence-electron chi connectivity index (χ4n) is 1.64. The minimum Gasteiger partial charge on any atom is -0.379 e. The Kier molecular flexibility index (Phi) is 3.88. The highest BCUT2D eigenvalue weighted by molar-refractivity contribution is 5.07. The van der Waals surface area contributed by atoms with Gasteiger partial charge in [0.15, 0.2) is 0 Å². The topological polar surface area (TPSA) is 53.1 Å². The maximum Gasteiger partial charge on any atom is 0.0641 e. The van der Waals surface area contributed by atoms with E-state index in [1.165, 1.54) is 0 Å². The minimum absolute atomic E-state index is 0.0256. The Hall–Kier alpha value is -0.870. The van der Waals surface area contributed by atoms with Gasteiger partial charge in [-0.05, 0) is 33.3 Å². The fourth-order valence-corrected chi connectivity index (χ4v) is 1.64. The predicted octanol–water partition coefficient (Wildman–Crippen LogP) is 1.72. The van der Waals surface area contributed by atoms with Gasteiger partial charge in [-0.25, -0.2) is 0 Å². The van der Waals surface area contributed by atoms with Crippen molar-refractivity contribution in [1.29, 1.82) is 0 Å². The first kappa shape index (κ1) is 12.2. The summed E-state index contributed by atoms with van der Waals surface area (Å²) in [7, 11) is 1.71. The van der Waals surface area contributed by atoms with Crippen LogP contribution in [0.1, 0.15) is 38.9 Å². The molecule has 0 saturated heterocycles. The number of nitrogens with zero attached hydrogens (tertiary/aromatic N) is 2. The van der Waals surface area contributed by atoms with Gasteiger partial charge in [-0.1, -0.05) is 0 Å². The molecule has 0 spiro atoms. The Morgan fingerprint density at radius 1 is 1.60 bits per heavy atom. The Labute approximate surface area is 91.4 Å². The molecule has 0 saturated carbocycles. The number of aryl methyl sites for hydroxylation is 1. The summed E-state index contributed by atoms with van der Waals surface area (Å²) in [5, 5.41) is 4.21. The Morgan fingerprint density at radius 3 is 2.80 bits per heavy atom. The normalized spacial score (nSPS) is 14.2. The van der Waals surface area contributed by atoms with Gasteiger partial charge in [-0.15, -0.1) is 0 Å². The van der Waals surface area contributed by atoms with Crippen LogP contribution in [0.25, 0.3) is 0 Å². The molecule has 1 unspecified atom stereocenters. The van der Waals surface area contributed by atoms with Crippen LogP contribution in [0, 0.1) is 0 Å². The zero-order valence-corrected chi connectivity index (χ0v) is 10.0. The number of methoxy groups -OCH3 is 1. The van der Waals surface area contributed by atoms with Gasteiger partial charge in [0.05, 0.1) is 11.3 Å². The molecule has 0 radical (unpaired) electrons. The molecule has 1 heterocycles. The molecular formula is C11H21N3O. The van der Waals surface area contributed by atoms with Gasteiger partial charge in [0.25, 0.3) is 0 Å². The summed E-state index contributed by atoms with van der Waals surface area (Å²) in [5.74, 6) is 0. The summed E-state index contributed by atoms with van der Waals surface area (Å²) < 4.78 is 7.30. The second-order valence-corrected chi connectivity index (χ2v) is 4.35. The highest BCUT2D eigenvalue weighted by atomic mass is 16.5. The van der Waals surface area contributed by atoms with E-state index < -0.39 is 0 Å². The fraction of sp³-hybridized carbons (Fsp3) is 0.727. The summed E-state index contributed by atoms with van der Waals surface area (Å²) in [4.78, 5) is 0. The molecule has 0 aromatic carbocycles. The Balaban J connectivity index is 2.73. The van der Waals surface area contributed by atoms with Gasteiger partial charge < -0.3 is 10.5 Å². The molecule has 86 valence electrons. The Bertz CT molecular complexity index is 307. The van der Waals surface area contributed by atoms with E-state index in [4.69, 9.17) is 10.5 Å². The summed E-state index contributed by atoms with van der Waals surface area (Å²) in [5.41, 5.74) is 7.02. The third-order valence-corrected chi connectivity index (χ3v) is 2.69. The van der Waals surface area contributed by atoms with Crippen LogP contribution in [-0.2, 0) is 11.3 Å². The minimum atomic E-state index is -0.192. The van der Waals surface area contributed by atoms with Crippen LogP contribution in [0.3, 0.4) is 0 Å². The quantitative estimate of drug-likeness (QED) is 0.806. The van der Waals surface area contributed by atoms with Crippen molar-refractivity contribution in [3.63, 3.8) is 0 Å². The van der Waals surface area contributed by atoms with Crippen molar-refractivity contribution in [2.45, 2.75) is 45.4 Å². The van der Waals surface area contributed by atoms with Crippen molar-refractivity contribution in [3.8, 4) is 0 Å². The molecule has 0 aliphatic rings. The molecule has 0 aliphatic carbocycles. The maximum atomic E-state index is 6.14. The average molecular weight is 211 g/mol. The van der Waals surface area contributed by atoms with Crippen molar-refractivity contribution in [1.82, 2.24) is 9.78 Å². The molecule has 1 atom stereocenters. The largest absolute Gasteiger partial charge is 0.379 e. The van der Waals surface area contributed by atoms with Gasteiger partial charge in [0, 0.05) is 25.9 Å². The SMILES string of the molecule is CCn1nccc1C(N)CC(C)(C)OC. The molecule has 0 amide bonds. The van der Waals surface area contributed by atoms with Crippen molar-refractivity contribution in [2.24, 2.45) is 5.73 Å². The van der Waals surface area contributed by atoms with E-state index in [2.05, 4.69) is 12.0 Å². The van der Waals surface area contributed by atoms with Crippen molar-refractivity contribution in [3.05, 3.63) is 18.0 Å². The number of rotatable bonds is 5. The van der Waals surface area contributed by atoms with E-state index in [0.29, 0.717) is 0 Å². The van der Waals surface area contributed by atoms with Gasteiger partial charge in [-0.2, -0.15) is 5.10 Å². The van der Waals surface area contributed by atoms with Gasteiger partial charge in [0.2, 0.25) is 0 Å². The lowest BCUT2D eigenvalue weighted by atomic mass is 9.97. The molecule has 1 aromatic rings. The molecule has 1 aromatic heterocycles. The van der Waals surface area contributed by atoms with Crippen LogP contribution < -0.4 is 5.73 Å². The molecule has 2 N–H and O–H groups in total. The van der Waals surface area contributed by atoms with Crippen molar-refractivity contribution in [2.75, 3.05) is 7.11 Å². The van der Waals surface area contributed by atoms with E-state index in [1.54, 1.807) is 13.3 Å². The highest BCUT2D eigenvalue weighted by Gasteiger charge is 2.23. The number of ether oxygens (including phenoxy) is 1.